The molecule has 3 aromatic carbocycles. The van der Waals surface area contributed by atoms with Crippen LogP contribution >= 0.6 is 11.6 Å². The molecule has 0 unspecified atom stereocenters. The van der Waals surface area contributed by atoms with Crippen molar-refractivity contribution in [2.75, 3.05) is 13.2 Å². The zero-order valence-electron chi connectivity index (χ0n) is 19.1. The van der Waals surface area contributed by atoms with Crippen LogP contribution in [0.1, 0.15) is 35.3 Å². The highest BCUT2D eigenvalue weighted by Crippen LogP contribution is 2.26. The first-order chi connectivity index (χ1) is 16.3. The lowest BCUT2D eigenvalue weighted by Gasteiger charge is -2.23. The highest BCUT2D eigenvalue weighted by atomic mass is 35.5. The first-order valence-electron chi connectivity index (χ1n) is 10.9. The summed E-state index contributed by atoms with van der Waals surface area (Å²) in [5.41, 5.74) is 4.98. The summed E-state index contributed by atoms with van der Waals surface area (Å²) in [6.45, 7) is 4.63. The molecule has 0 radical (unpaired) electrons. The molecule has 0 saturated carbocycles. The number of halogens is 2. The Morgan fingerprint density at radius 2 is 1.74 bits per heavy atom. The third kappa shape index (κ3) is 7.73. The van der Waals surface area contributed by atoms with Gasteiger partial charge in [0.25, 0.3) is 5.91 Å². The van der Waals surface area contributed by atoms with Crippen LogP contribution in [0.4, 0.5) is 4.39 Å². The number of ether oxygens (including phenoxy) is 2. The molecule has 0 atom stereocenters. The van der Waals surface area contributed by atoms with Gasteiger partial charge in [0, 0.05) is 18.7 Å². The fourth-order valence-corrected chi connectivity index (χ4v) is 3.38. The summed E-state index contributed by atoms with van der Waals surface area (Å²) in [7, 11) is 0. The van der Waals surface area contributed by atoms with Crippen molar-refractivity contribution in [3.63, 3.8) is 0 Å². The average Bonchev–Trinajstić information content (AvgIpc) is 2.81. The molecule has 0 aliphatic rings. The highest BCUT2D eigenvalue weighted by Gasteiger charge is 2.14. The van der Waals surface area contributed by atoms with Crippen LogP contribution in [0.5, 0.6) is 11.5 Å². The third-order valence-corrected chi connectivity index (χ3v) is 5.10. The van der Waals surface area contributed by atoms with Crippen molar-refractivity contribution < 1.29 is 23.8 Å². The first kappa shape index (κ1) is 25.5. The van der Waals surface area contributed by atoms with E-state index in [4.69, 9.17) is 21.1 Å². The Morgan fingerprint density at radius 3 is 2.35 bits per heavy atom. The van der Waals surface area contributed by atoms with Crippen LogP contribution in [0.2, 0.25) is 5.02 Å². The molecule has 0 saturated heterocycles. The Bertz CT molecular complexity index is 1080. The number of nitrogens with zero attached hydrogens (tertiary/aromatic N) is 1. The molecule has 6 nitrogen and oxygen atoms in total. The molecule has 180 valence electrons. The number of amides is 1. The quantitative estimate of drug-likeness (QED) is 0.374. The number of hydrazine groups is 1. The fraction of sp³-hybridized carbons (Fsp3) is 0.269. The zero-order chi connectivity index (χ0) is 24.5. The van der Waals surface area contributed by atoms with Gasteiger partial charge in [0.2, 0.25) is 0 Å². The van der Waals surface area contributed by atoms with Crippen LogP contribution in [0.25, 0.3) is 0 Å². The molecule has 3 rings (SSSR count). The minimum absolute atomic E-state index is 0.0306. The predicted octanol–water partition coefficient (Wildman–Crippen LogP) is 4.98. The van der Waals surface area contributed by atoms with Gasteiger partial charge in [-0.05, 0) is 67.4 Å². The highest BCUT2D eigenvalue weighted by molar-refractivity contribution is 6.32. The summed E-state index contributed by atoms with van der Waals surface area (Å²) in [6.07, 6.45) is -0.0306. The van der Waals surface area contributed by atoms with Crippen LogP contribution in [-0.2, 0) is 13.2 Å². The molecule has 2 N–H and O–H groups in total. The predicted molar refractivity (Wildman–Crippen MR) is 129 cm³/mol. The van der Waals surface area contributed by atoms with Crippen LogP contribution in [0.15, 0.2) is 66.7 Å². The van der Waals surface area contributed by atoms with E-state index >= 15 is 0 Å². The SMILES string of the molecule is CC(C)Oc1ccc(C(=O)NN(CCO)Cc2ccc(OCc3ccc(F)cc3)cc2)cc1Cl. The Kier molecular flexibility index (Phi) is 9.27. The molecule has 34 heavy (non-hydrogen) atoms. The van der Waals surface area contributed by atoms with Crippen molar-refractivity contribution in [2.45, 2.75) is 33.1 Å². The minimum atomic E-state index is -0.342. The van der Waals surface area contributed by atoms with E-state index in [1.54, 1.807) is 35.3 Å². The number of carbonyl (C=O) groups excluding carboxylic acids is 1. The standard InChI is InChI=1S/C26H28ClFN2O4/c1-18(2)34-25-12-7-21(15-24(25)27)26(32)29-30(13-14-31)16-19-5-10-23(11-6-19)33-17-20-3-8-22(28)9-4-20/h3-12,15,18,31H,13-14,16-17H2,1-2H3,(H,29,32). The van der Waals surface area contributed by atoms with Crippen LogP contribution < -0.4 is 14.9 Å². The number of nitrogens with one attached hydrogen (secondary N) is 1. The lowest BCUT2D eigenvalue weighted by molar-refractivity contribution is 0.0732. The molecule has 0 aliphatic carbocycles. The van der Waals surface area contributed by atoms with Crippen LogP contribution in [0, 0.1) is 5.82 Å². The maximum atomic E-state index is 13.0. The van der Waals surface area contributed by atoms with Gasteiger partial charge in [-0.15, -0.1) is 0 Å². The van der Waals surface area contributed by atoms with E-state index in [-0.39, 0.29) is 31.0 Å². The molecule has 0 heterocycles. The van der Waals surface area contributed by atoms with Crippen molar-refractivity contribution in [3.8, 4) is 11.5 Å². The largest absolute Gasteiger partial charge is 0.489 e. The van der Waals surface area contributed by atoms with E-state index in [1.165, 1.54) is 12.1 Å². The molecular formula is C26H28ClFN2O4. The Balaban J connectivity index is 1.58. The van der Waals surface area contributed by atoms with Crippen molar-refractivity contribution in [1.29, 1.82) is 0 Å². The molecule has 0 aliphatic heterocycles. The van der Waals surface area contributed by atoms with Gasteiger partial charge in [0.1, 0.15) is 23.9 Å². The number of benzene rings is 3. The normalized spacial score (nSPS) is 11.0. The van der Waals surface area contributed by atoms with Crippen molar-refractivity contribution in [2.24, 2.45) is 0 Å². The summed E-state index contributed by atoms with van der Waals surface area (Å²) in [4.78, 5) is 12.7. The van der Waals surface area contributed by atoms with Gasteiger partial charge in [0.05, 0.1) is 17.7 Å². The van der Waals surface area contributed by atoms with Gasteiger partial charge in [-0.3, -0.25) is 10.2 Å². The summed E-state index contributed by atoms with van der Waals surface area (Å²) in [5, 5.41) is 11.4. The minimum Gasteiger partial charge on any atom is -0.489 e. The van der Waals surface area contributed by atoms with Gasteiger partial charge in [-0.2, -0.15) is 0 Å². The van der Waals surface area contributed by atoms with Crippen molar-refractivity contribution in [3.05, 3.63) is 94.3 Å². The van der Waals surface area contributed by atoms with E-state index in [2.05, 4.69) is 5.43 Å². The van der Waals surface area contributed by atoms with Crippen molar-refractivity contribution in [1.82, 2.24) is 10.4 Å². The van der Waals surface area contributed by atoms with Gasteiger partial charge >= 0.3 is 0 Å². The van der Waals surface area contributed by atoms with Gasteiger partial charge in [0.15, 0.2) is 0 Å². The molecular weight excluding hydrogens is 459 g/mol. The topological polar surface area (TPSA) is 71.0 Å². The molecule has 0 spiro atoms. The van der Waals surface area contributed by atoms with Gasteiger partial charge in [-0.1, -0.05) is 35.9 Å². The number of aliphatic hydroxyl groups is 1. The first-order valence-corrected chi connectivity index (χ1v) is 11.3. The van der Waals surface area contributed by atoms with E-state index < -0.39 is 0 Å². The average molecular weight is 487 g/mol. The van der Waals surface area contributed by atoms with Gasteiger partial charge < -0.3 is 14.6 Å². The number of hydrogen-bond donors (Lipinski definition) is 2. The number of rotatable bonds is 11. The number of hydrogen-bond acceptors (Lipinski definition) is 5. The summed E-state index contributed by atoms with van der Waals surface area (Å²) in [5.74, 6) is 0.560. The van der Waals surface area contributed by atoms with Crippen molar-refractivity contribution >= 4 is 17.5 Å². The Hall–Kier alpha value is -3.13. The molecule has 1 amide bonds. The zero-order valence-corrected chi connectivity index (χ0v) is 19.9. The molecule has 3 aromatic rings. The number of carbonyl (C=O) groups is 1. The second-order valence-electron chi connectivity index (χ2n) is 7.96. The Morgan fingerprint density at radius 1 is 1.06 bits per heavy atom. The molecule has 0 aromatic heterocycles. The van der Waals surface area contributed by atoms with Crippen LogP contribution in [0.3, 0.4) is 0 Å². The fourth-order valence-electron chi connectivity index (χ4n) is 3.15. The Labute approximate surface area is 203 Å². The summed E-state index contributed by atoms with van der Waals surface area (Å²) < 4.78 is 24.3. The smallest absolute Gasteiger partial charge is 0.265 e. The van der Waals surface area contributed by atoms with E-state index in [1.807, 2.05) is 38.1 Å². The summed E-state index contributed by atoms with van der Waals surface area (Å²) in [6, 6.07) is 18.4. The monoisotopic (exact) mass is 486 g/mol. The maximum Gasteiger partial charge on any atom is 0.265 e. The lowest BCUT2D eigenvalue weighted by atomic mass is 10.2. The maximum absolute atomic E-state index is 13.0. The van der Waals surface area contributed by atoms with Gasteiger partial charge in [-0.25, -0.2) is 9.40 Å². The van der Waals surface area contributed by atoms with E-state index in [0.717, 1.165) is 11.1 Å². The van der Waals surface area contributed by atoms with Crippen LogP contribution in [-0.4, -0.2) is 35.3 Å². The van der Waals surface area contributed by atoms with E-state index in [0.29, 0.717) is 35.2 Å². The second kappa shape index (κ2) is 12.4. The lowest BCUT2D eigenvalue weighted by Crippen LogP contribution is -2.43. The molecule has 0 bridgehead atoms. The molecule has 8 heteroatoms. The number of aliphatic hydroxyl groups excluding tert-OH is 1. The third-order valence-electron chi connectivity index (χ3n) is 4.80. The molecule has 0 fully saturated rings. The second-order valence-corrected chi connectivity index (χ2v) is 8.36. The summed E-state index contributed by atoms with van der Waals surface area (Å²) >= 11 is 6.24. The van der Waals surface area contributed by atoms with E-state index in [9.17, 15) is 14.3 Å².